The Morgan fingerprint density at radius 2 is 2.21 bits per heavy atom. The number of carbonyl (C=O) groups is 1. The molecule has 0 bridgehead atoms. The molecule has 4 rings (SSSR count). The zero-order valence-electron chi connectivity index (χ0n) is 20.2. The summed E-state index contributed by atoms with van der Waals surface area (Å²) >= 11 is 0. The molecule has 0 amide bonds. The minimum absolute atomic E-state index is 0.0596. The van der Waals surface area contributed by atoms with Gasteiger partial charge in [0.2, 0.25) is 0 Å². The summed E-state index contributed by atoms with van der Waals surface area (Å²) in [5, 5.41) is 13.0. The molecule has 3 heterocycles. The maximum atomic E-state index is 11.6. The first-order valence-corrected chi connectivity index (χ1v) is 12.5. The number of nitrogens with zero attached hydrogens (tertiary/aromatic N) is 2. The Hall–Kier alpha value is -2.64. The van der Waals surface area contributed by atoms with Crippen LogP contribution in [0.3, 0.4) is 0 Å². The molecular weight excluding hydrogens is 430 g/mol. The zero-order valence-corrected chi connectivity index (χ0v) is 20.2. The third-order valence-electron chi connectivity index (χ3n) is 6.92. The highest BCUT2D eigenvalue weighted by atomic mass is 16.5. The number of hydrogen-bond donors (Lipinski definition) is 2. The second-order valence-electron chi connectivity index (χ2n) is 9.50. The minimum Gasteiger partial charge on any atom is -0.491 e. The molecule has 2 aliphatic heterocycles. The standard InChI is InChI=1S/C27H37N3O4/c1-33-14-15-34-25-6-2-4-22(16-25)23(17-26(31)32)19-30-13-11-20(18-30)7-9-24-10-8-21-5-3-12-28-27(21)29-24/h2,4,6,8,10,16,20,23H,3,5,7,9,11-15,17-19H2,1H3,(H,28,29)(H,31,32)/t20-,23?/m1/s1. The van der Waals surface area contributed by atoms with E-state index in [-0.39, 0.29) is 12.3 Å². The Balaban J connectivity index is 1.31. The van der Waals surface area contributed by atoms with Crippen molar-refractivity contribution in [1.29, 1.82) is 0 Å². The predicted molar refractivity (Wildman–Crippen MR) is 133 cm³/mol. The molecule has 0 radical (unpaired) electrons. The van der Waals surface area contributed by atoms with Crippen LogP contribution in [0.5, 0.6) is 5.75 Å². The average molecular weight is 468 g/mol. The van der Waals surface area contributed by atoms with E-state index >= 15 is 0 Å². The highest BCUT2D eigenvalue weighted by Gasteiger charge is 2.27. The van der Waals surface area contributed by atoms with Gasteiger partial charge in [0.1, 0.15) is 18.2 Å². The molecule has 0 saturated carbocycles. The largest absolute Gasteiger partial charge is 0.491 e. The van der Waals surface area contributed by atoms with Crippen molar-refractivity contribution >= 4 is 11.8 Å². The SMILES string of the molecule is COCCOc1cccc(C(CC(=O)O)CN2CC[C@@H](CCc3ccc4c(n3)NCCC4)C2)c1. The van der Waals surface area contributed by atoms with Crippen LogP contribution in [0.25, 0.3) is 0 Å². The van der Waals surface area contributed by atoms with E-state index in [4.69, 9.17) is 14.5 Å². The lowest BCUT2D eigenvalue weighted by atomic mass is 9.94. The number of aliphatic carboxylic acids is 1. The predicted octanol–water partition coefficient (Wildman–Crippen LogP) is 3.98. The van der Waals surface area contributed by atoms with E-state index in [1.54, 1.807) is 7.11 Å². The first kappa shape index (κ1) is 24.5. The Morgan fingerprint density at radius 3 is 3.06 bits per heavy atom. The number of benzene rings is 1. The van der Waals surface area contributed by atoms with E-state index in [1.807, 2.05) is 24.3 Å². The van der Waals surface area contributed by atoms with Gasteiger partial charge < -0.3 is 24.8 Å². The van der Waals surface area contributed by atoms with Crippen molar-refractivity contribution in [3.63, 3.8) is 0 Å². The lowest BCUT2D eigenvalue weighted by Gasteiger charge is -2.24. The molecule has 2 N–H and O–H groups in total. The summed E-state index contributed by atoms with van der Waals surface area (Å²) in [6.45, 7) is 4.81. The van der Waals surface area contributed by atoms with Gasteiger partial charge in [0.15, 0.2) is 0 Å². The molecule has 0 spiro atoms. The number of carboxylic acids is 1. The van der Waals surface area contributed by atoms with Gasteiger partial charge in [-0.15, -0.1) is 0 Å². The van der Waals surface area contributed by atoms with Gasteiger partial charge in [-0.25, -0.2) is 4.98 Å². The molecule has 7 heteroatoms. The average Bonchev–Trinajstić information content (AvgIpc) is 3.30. The van der Waals surface area contributed by atoms with Crippen LogP contribution in [-0.4, -0.2) is 67.5 Å². The van der Waals surface area contributed by atoms with E-state index in [0.29, 0.717) is 19.1 Å². The third-order valence-corrected chi connectivity index (χ3v) is 6.92. The number of likely N-dealkylation sites (tertiary alicyclic amines) is 1. The van der Waals surface area contributed by atoms with Gasteiger partial charge in [-0.1, -0.05) is 18.2 Å². The summed E-state index contributed by atoms with van der Waals surface area (Å²) in [5.74, 6) is 1.63. The van der Waals surface area contributed by atoms with Gasteiger partial charge in [0.05, 0.1) is 13.0 Å². The lowest BCUT2D eigenvalue weighted by Crippen LogP contribution is -2.28. The molecule has 184 valence electrons. The van der Waals surface area contributed by atoms with Crippen molar-refractivity contribution in [2.45, 2.75) is 44.4 Å². The second kappa shape index (κ2) is 12.2. The first-order valence-electron chi connectivity index (χ1n) is 12.5. The molecule has 2 aliphatic rings. The number of ether oxygens (including phenoxy) is 2. The molecule has 1 aromatic heterocycles. The van der Waals surface area contributed by atoms with E-state index in [1.165, 1.54) is 17.7 Å². The number of hydrogen-bond acceptors (Lipinski definition) is 6. The van der Waals surface area contributed by atoms with Crippen LogP contribution in [0.1, 0.15) is 48.4 Å². The van der Waals surface area contributed by atoms with Gasteiger partial charge in [-0.05, 0) is 73.9 Å². The van der Waals surface area contributed by atoms with E-state index < -0.39 is 5.97 Å². The Morgan fingerprint density at radius 1 is 1.29 bits per heavy atom. The molecule has 0 aliphatic carbocycles. The molecule has 1 saturated heterocycles. The summed E-state index contributed by atoms with van der Waals surface area (Å²) in [6.07, 6.45) is 5.69. The highest BCUT2D eigenvalue weighted by molar-refractivity contribution is 5.68. The summed E-state index contributed by atoms with van der Waals surface area (Å²) in [6, 6.07) is 12.3. The number of aryl methyl sites for hydroxylation is 2. The fourth-order valence-electron chi connectivity index (χ4n) is 5.09. The third kappa shape index (κ3) is 6.93. The maximum absolute atomic E-state index is 11.6. The Bertz CT molecular complexity index is 951. The molecule has 1 aromatic carbocycles. The number of pyridine rings is 1. The Kier molecular flexibility index (Phi) is 8.77. The topological polar surface area (TPSA) is 83.9 Å². The van der Waals surface area contributed by atoms with Crippen LogP contribution in [0.4, 0.5) is 5.82 Å². The zero-order chi connectivity index (χ0) is 23.8. The van der Waals surface area contributed by atoms with Gasteiger partial charge in [0.25, 0.3) is 0 Å². The number of aromatic nitrogens is 1. The van der Waals surface area contributed by atoms with E-state index in [0.717, 1.165) is 69.0 Å². The second-order valence-corrected chi connectivity index (χ2v) is 9.50. The molecule has 1 unspecified atom stereocenters. The van der Waals surface area contributed by atoms with Crippen LogP contribution in [0, 0.1) is 5.92 Å². The molecule has 2 aromatic rings. The monoisotopic (exact) mass is 467 g/mol. The molecule has 34 heavy (non-hydrogen) atoms. The van der Waals surface area contributed by atoms with E-state index in [9.17, 15) is 9.90 Å². The van der Waals surface area contributed by atoms with Crippen LogP contribution >= 0.6 is 0 Å². The van der Waals surface area contributed by atoms with Gasteiger partial charge in [-0.2, -0.15) is 0 Å². The number of anilines is 1. The van der Waals surface area contributed by atoms with Gasteiger partial charge in [0, 0.05) is 38.4 Å². The summed E-state index contributed by atoms with van der Waals surface area (Å²) in [7, 11) is 1.65. The molecular formula is C27H37N3O4. The number of fused-ring (bicyclic) bond motifs is 1. The Labute approximate surface area is 202 Å². The lowest BCUT2D eigenvalue weighted by molar-refractivity contribution is -0.137. The molecule has 1 fully saturated rings. The number of methoxy groups -OCH3 is 1. The number of nitrogens with one attached hydrogen (secondary N) is 1. The number of rotatable bonds is 12. The highest BCUT2D eigenvalue weighted by Crippen LogP contribution is 2.29. The van der Waals surface area contributed by atoms with Crippen molar-refractivity contribution in [3.8, 4) is 5.75 Å². The van der Waals surface area contributed by atoms with Crippen LogP contribution in [0.2, 0.25) is 0 Å². The molecule has 7 nitrogen and oxygen atoms in total. The summed E-state index contributed by atoms with van der Waals surface area (Å²) in [5.41, 5.74) is 3.52. The van der Waals surface area contributed by atoms with Crippen LogP contribution in [0.15, 0.2) is 36.4 Å². The van der Waals surface area contributed by atoms with Crippen molar-refractivity contribution < 1.29 is 19.4 Å². The van der Waals surface area contributed by atoms with E-state index in [2.05, 4.69) is 22.3 Å². The maximum Gasteiger partial charge on any atom is 0.304 e. The fourth-order valence-corrected chi connectivity index (χ4v) is 5.09. The molecule has 2 atom stereocenters. The first-order chi connectivity index (χ1) is 16.6. The van der Waals surface area contributed by atoms with Gasteiger partial charge >= 0.3 is 5.97 Å². The van der Waals surface area contributed by atoms with Crippen LogP contribution < -0.4 is 10.1 Å². The van der Waals surface area contributed by atoms with Crippen molar-refractivity contribution in [2.24, 2.45) is 5.92 Å². The van der Waals surface area contributed by atoms with Crippen molar-refractivity contribution in [3.05, 3.63) is 53.2 Å². The normalized spacial score (nSPS) is 18.8. The smallest absolute Gasteiger partial charge is 0.304 e. The van der Waals surface area contributed by atoms with Crippen LogP contribution in [-0.2, 0) is 22.4 Å². The van der Waals surface area contributed by atoms with Crippen molar-refractivity contribution in [1.82, 2.24) is 9.88 Å². The quantitative estimate of drug-likeness (QED) is 0.457. The fraction of sp³-hybridized carbons (Fsp3) is 0.556. The van der Waals surface area contributed by atoms with Crippen molar-refractivity contribution in [2.75, 3.05) is 51.8 Å². The number of carboxylic acid groups (broad SMARTS) is 1. The van der Waals surface area contributed by atoms with Gasteiger partial charge in [-0.3, -0.25) is 4.79 Å². The summed E-state index contributed by atoms with van der Waals surface area (Å²) < 4.78 is 10.8. The summed E-state index contributed by atoms with van der Waals surface area (Å²) in [4.78, 5) is 18.9. The minimum atomic E-state index is -0.765.